The second kappa shape index (κ2) is 8.35. The average Bonchev–Trinajstić information content (AvgIpc) is 2.49. The molecule has 0 spiro atoms. The molecule has 2 fully saturated rings. The van der Waals surface area contributed by atoms with Crippen LogP contribution in [-0.2, 0) is 4.74 Å². The van der Waals surface area contributed by atoms with E-state index in [0.29, 0.717) is 6.10 Å². The Morgan fingerprint density at radius 2 is 1.85 bits per heavy atom. The molecule has 0 aromatic rings. The molecule has 0 bridgehead atoms. The Bertz CT molecular complexity index is 264. The lowest BCUT2D eigenvalue weighted by atomic mass is 9.76. The van der Waals surface area contributed by atoms with Crippen LogP contribution in [0.15, 0.2) is 0 Å². The molecule has 1 saturated carbocycles. The molecule has 3 heteroatoms. The Morgan fingerprint density at radius 3 is 2.45 bits per heavy atom. The molecule has 1 aliphatic heterocycles. The van der Waals surface area contributed by atoms with Gasteiger partial charge in [-0.2, -0.15) is 0 Å². The summed E-state index contributed by atoms with van der Waals surface area (Å²) in [6, 6.07) is 0.738. The van der Waals surface area contributed by atoms with E-state index in [1.54, 1.807) is 0 Å². The molecule has 0 amide bonds. The second-order valence-corrected chi connectivity index (χ2v) is 6.70. The first-order valence-corrected chi connectivity index (χ1v) is 8.78. The van der Waals surface area contributed by atoms with Gasteiger partial charge in [0.2, 0.25) is 0 Å². The van der Waals surface area contributed by atoms with Crippen LogP contribution in [0.3, 0.4) is 0 Å². The molecule has 3 nitrogen and oxygen atoms in total. The fourth-order valence-corrected chi connectivity index (χ4v) is 4.14. The summed E-state index contributed by atoms with van der Waals surface area (Å²) in [6.45, 7) is 9.09. The minimum atomic E-state index is 0.520. The first-order chi connectivity index (χ1) is 9.76. The third-order valence-corrected chi connectivity index (χ3v) is 5.47. The Hall–Kier alpha value is -0.120. The van der Waals surface area contributed by atoms with Crippen molar-refractivity contribution < 1.29 is 4.74 Å². The number of likely N-dealkylation sites (tertiary alicyclic amines) is 1. The van der Waals surface area contributed by atoms with Gasteiger partial charge in [0.1, 0.15) is 0 Å². The number of hydrogen-bond acceptors (Lipinski definition) is 3. The Kier molecular flexibility index (Phi) is 6.79. The molecule has 2 rings (SSSR count). The summed E-state index contributed by atoms with van der Waals surface area (Å²) >= 11 is 0. The van der Waals surface area contributed by atoms with Crippen LogP contribution in [0.5, 0.6) is 0 Å². The Labute approximate surface area is 125 Å². The molecular formula is C17H34N2O. The Balaban J connectivity index is 1.79. The molecule has 3 atom stereocenters. The lowest BCUT2D eigenvalue weighted by molar-refractivity contribution is 0.00702. The fraction of sp³-hybridized carbons (Fsp3) is 1.00. The highest BCUT2D eigenvalue weighted by atomic mass is 16.5. The number of nitrogens with zero attached hydrogens (tertiary/aromatic N) is 1. The minimum absolute atomic E-state index is 0.520. The first kappa shape index (κ1) is 16.3. The molecular weight excluding hydrogens is 248 g/mol. The van der Waals surface area contributed by atoms with Gasteiger partial charge in [0.25, 0.3) is 0 Å². The molecule has 0 aromatic carbocycles. The van der Waals surface area contributed by atoms with Gasteiger partial charge >= 0.3 is 0 Å². The molecule has 1 N–H and O–H groups in total. The number of ether oxygens (including phenoxy) is 1. The van der Waals surface area contributed by atoms with Gasteiger partial charge in [-0.05, 0) is 57.9 Å². The predicted octanol–water partition coefficient (Wildman–Crippen LogP) is 2.90. The van der Waals surface area contributed by atoms with E-state index >= 15 is 0 Å². The van der Waals surface area contributed by atoms with Gasteiger partial charge in [-0.1, -0.05) is 13.3 Å². The topological polar surface area (TPSA) is 24.5 Å². The molecule has 3 unspecified atom stereocenters. The summed E-state index contributed by atoms with van der Waals surface area (Å²) in [5.41, 5.74) is 0. The third kappa shape index (κ3) is 4.44. The summed E-state index contributed by atoms with van der Waals surface area (Å²) in [4.78, 5) is 2.68. The summed E-state index contributed by atoms with van der Waals surface area (Å²) < 4.78 is 5.76. The van der Waals surface area contributed by atoms with Crippen molar-refractivity contribution in [1.82, 2.24) is 10.2 Å². The highest BCUT2D eigenvalue weighted by Crippen LogP contribution is 2.32. The van der Waals surface area contributed by atoms with Crippen LogP contribution in [0.4, 0.5) is 0 Å². The molecule has 1 saturated heterocycles. The third-order valence-electron chi connectivity index (χ3n) is 5.47. The van der Waals surface area contributed by atoms with E-state index in [-0.39, 0.29) is 0 Å². The number of piperidine rings is 1. The van der Waals surface area contributed by atoms with Gasteiger partial charge in [-0.3, -0.25) is 0 Å². The van der Waals surface area contributed by atoms with Crippen LogP contribution in [0.1, 0.15) is 52.4 Å². The van der Waals surface area contributed by atoms with Crippen LogP contribution < -0.4 is 5.32 Å². The minimum Gasteiger partial charge on any atom is -0.378 e. The van der Waals surface area contributed by atoms with Crippen LogP contribution >= 0.6 is 0 Å². The van der Waals surface area contributed by atoms with Crippen molar-refractivity contribution >= 4 is 0 Å². The SMILES string of the molecule is CCOC1CCN(CC2CC(CC)CCC2NC)CC1. The summed E-state index contributed by atoms with van der Waals surface area (Å²) in [7, 11) is 2.14. The van der Waals surface area contributed by atoms with Crippen molar-refractivity contribution in [3.05, 3.63) is 0 Å². The lowest BCUT2D eigenvalue weighted by Gasteiger charge is -2.40. The van der Waals surface area contributed by atoms with E-state index < -0.39 is 0 Å². The van der Waals surface area contributed by atoms with Gasteiger partial charge < -0.3 is 15.0 Å². The zero-order valence-electron chi connectivity index (χ0n) is 13.7. The van der Waals surface area contributed by atoms with E-state index in [1.807, 2.05) is 0 Å². The lowest BCUT2D eigenvalue weighted by Crippen LogP contribution is -2.47. The van der Waals surface area contributed by atoms with Gasteiger partial charge in [-0.25, -0.2) is 0 Å². The quantitative estimate of drug-likeness (QED) is 0.811. The summed E-state index contributed by atoms with van der Waals surface area (Å²) in [6.07, 6.45) is 8.54. The van der Waals surface area contributed by atoms with Crippen molar-refractivity contribution in [2.24, 2.45) is 11.8 Å². The van der Waals surface area contributed by atoms with Crippen LogP contribution in [0.25, 0.3) is 0 Å². The van der Waals surface area contributed by atoms with Crippen LogP contribution in [0.2, 0.25) is 0 Å². The van der Waals surface area contributed by atoms with E-state index in [2.05, 4.69) is 31.1 Å². The molecule has 0 aromatic heterocycles. The van der Waals surface area contributed by atoms with E-state index in [9.17, 15) is 0 Å². The highest BCUT2D eigenvalue weighted by Gasteiger charge is 2.31. The average molecular weight is 282 g/mol. The maximum Gasteiger partial charge on any atom is 0.0599 e. The van der Waals surface area contributed by atoms with Gasteiger partial charge in [0, 0.05) is 32.3 Å². The monoisotopic (exact) mass is 282 g/mol. The number of nitrogens with one attached hydrogen (secondary N) is 1. The highest BCUT2D eigenvalue weighted by molar-refractivity contribution is 4.86. The van der Waals surface area contributed by atoms with Gasteiger partial charge in [0.05, 0.1) is 6.10 Å². The van der Waals surface area contributed by atoms with E-state index in [0.717, 1.165) is 24.5 Å². The predicted molar refractivity (Wildman–Crippen MR) is 85.1 cm³/mol. The molecule has 1 heterocycles. The zero-order chi connectivity index (χ0) is 14.4. The first-order valence-electron chi connectivity index (χ1n) is 8.78. The molecule has 118 valence electrons. The molecule has 20 heavy (non-hydrogen) atoms. The maximum absolute atomic E-state index is 5.76. The van der Waals surface area contributed by atoms with Crippen molar-refractivity contribution in [3.63, 3.8) is 0 Å². The molecule has 0 radical (unpaired) electrons. The smallest absolute Gasteiger partial charge is 0.0599 e. The van der Waals surface area contributed by atoms with Crippen molar-refractivity contribution in [3.8, 4) is 0 Å². The van der Waals surface area contributed by atoms with Crippen molar-refractivity contribution in [2.75, 3.05) is 33.3 Å². The summed E-state index contributed by atoms with van der Waals surface area (Å²) in [5, 5.41) is 3.57. The maximum atomic E-state index is 5.76. The van der Waals surface area contributed by atoms with Crippen molar-refractivity contribution in [1.29, 1.82) is 0 Å². The van der Waals surface area contributed by atoms with Crippen LogP contribution in [-0.4, -0.2) is 50.3 Å². The van der Waals surface area contributed by atoms with Gasteiger partial charge in [-0.15, -0.1) is 0 Å². The van der Waals surface area contributed by atoms with E-state index in [4.69, 9.17) is 4.74 Å². The normalized spacial score (nSPS) is 33.5. The second-order valence-electron chi connectivity index (χ2n) is 6.70. The number of rotatable bonds is 6. The van der Waals surface area contributed by atoms with E-state index in [1.165, 1.54) is 58.2 Å². The van der Waals surface area contributed by atoms with Gasteiger partial charge in [0.15, 0.2) is 0 Å². The standard InChI is InChI=1S/C17H34N2O/c1-4-14-6-7-17(18-3)15(12-14)13-19-10-8-16(9-11-19)20-5-2/h14-18H,4-13H2,1-3H3. The zero-order valence-corrected chi connectivity index (χ0v) is 13.7. The molecule has 2 aliphatic rings. The van der Waals surface area contributed by atoms with Crippen LogP contribution in [0, 0.1) is 11.8 Å². The fourth-order valence-electron chi connectivity index (χ4n) is 4.14. The molecule has 1 aliphatic carbocycles. The summed E-state index contributed by atoms with van der Waals surface area (Å²) in [5.74, 6) is 1.81. The largest absolute Gasteiger partial charge is 0.378 e. The Morgan fingerprint density at radius 1 is 1.10 bits per heavy atom. The van der Waals surface area contributed by atoms with Crippen molar-refractivity contribution in [2.45, 2.75) is 64.5 Å². The number of hydrogen-bond donors (Lipinski definition) is 1.